The first-order valence-corrected chi connectivity index (χ1v) is 9.34. The zero-order valence-electron chi connectivity index (χ0n) is 14.0. The van der Waals surface area contributed by atoms with Gasteiger partial charge in [0.25, 0.3) is 0 Å². The summed E-state index contributed by atoms with van der Waals surface area (Å²) in [6.45, 7) is -0.234. The third kappa shape index (κ3) is 6.19. The van der Waals surface area contributed by atoms with E-state index in [1.54, 1.807) is 0 Å². The fraction of sp³-hybridized carbons (Fsp3) is 0.467. The van der Waals surface area contributed by atoms with E-state index >= 15 is 0 Å². The number of amides is 2. The first-order valence-electron chi connectivity index (χ1n) is 7.85. The molecule has 1 fully saturated rings. The number of likely N-dealkylation sites (tertiary alicyclic amines) is 1. The van der Waals surface area contributed by atoms with Gasteiger partial charge in [0, 0.05) is 19.4 Å². The number of nitrogens with one attached hydrogen (secondary N) is 1. The standard InChI is InChI=1S/C15H17F3N2O6S/c16-15(17,18)26-11-3-1-2-4-12(11)27(23,24)19-7-9-25-10-8-20-13(21)5-6-14(20)22/h1-4,19H,5-10H2. The number of benzene rings is 1. The largest absolute Gasteiger partial charge is 0.573 e. The number of nitrogens with zero attached hydrogens (tertiary/aromatic N) is 1. The average Bonchev–Trinajstić information content (AvgIpc) is 2.88. The second-order valence-corrected chi connectivity index (χ2v) is 7.18. The molecule has 12 heteroatoms. The van der Waals surface area contributed by atoms with Crippen molar-refractivity contribution < 1.29 is 40.7 Å². The van der Waals surface area contributed by atoms with Gasteiger partial charge in [-0.3, -0.25) is 14.5 Å². The predicted molar refractivity (Wildman–Crippen MR) is 85.1 cm³/mol. The molecule has 0 aliphatic carbocycles. The van der Waals surface area contributed by atoms with Crippen LogP contribution in [0, 0.1) is 0 Å². The number of sulfonamides is 1. The molecular formula is C15H17F3N2O6S. The number of carbonyl (C=O) groups excluding carboxylic acids is 2. The predicted octanol–water partition coefficient (Wildman–Crippen LogP) is 1.03. The Balaban J connectivity index is 1.82. The minimum atomic E-state index is -5.03. The van der Waals surface area contributed by atoms with E-state index < -0.39 is 27.0 Å². The lowest BCUT2D eigenvalue weighted by molar-refractivity contribution is -0.275. The Morgan fingerprint density at radius 2 is 1.70 bits per heavy atom. The quantitative estimate of drug-likeness (QED) is 0.482. The highest BCUT2D eigenvalue weighted by molar-refractivity contribution is 7.89. The van der Waals surface area contributed by atoms with Crippen molar-refractivity contribution in [3.63, 3.8) is 0 Å². The van der Waals surface area contributed by atoms with E-state index in [2.05, 4.69) is 9.46 Å². The Morgan fingerprint density at radius 1 is 1.07 bits per heavy atom. The van der Waals surface area contributed by atoms with Crippen molar-refractivity contribution in [3.8, 4) is 5.75 Å². The Labute approximate surface area is 153 Å². The second-order valence-electron chi connectivity index (χ2n) is 5.44. The summed E-state index contributed by atoms with van der Waals surface area (Å²) in [5.74, 6) is -1.42. The summed E-state index contributed by atoms with van der Waals surface area (Å²) in [6.07, 6.45) is -4.70. The highest BCUT2D eigenvalue weighted by Crippen LogP contribution is 2.29. The summed E-state index contributed by atoms with van der Waals surface area (Å²) in [6, 6.07) is 4.35. The van der Waals surface area contributed by atoms with E-state index in [0.29, 0.717) is 0 Å². The van der Waals surface area contributed by atoms with E-state index in [-0.39, 0.29) is 51.0 Å². The number of hydrogen-bond donors (Lipinski definition) is 1. The van der Waals surface area contributed by atoms with E-state index in [0.717, 1.165) is 17.0 Å². The topological polar surface area (TPSA) is 102 Å². The van der Waals surface area contributed by atoms with Crippen LogP contribution in [0.4, 0.5) is 13.2 Å². The van der Waals surface area contributed by atoms with Crippen molar-refractivity contribution in [2.75, 3.05) is 26.3 Å². The van der Waals surface area contributed by atoms with E-state index in [1.807, 2.05) is 0 Å². The lowest BCUT2D eigenvalue weighted by Crippen LogP contribution is -2.33. The number of para-hydroxylation sites is 1. The maximum Gasteiger partial charge on any atom is 0.573 e. The molecule has 0 saturated carbocycles. The van der Waals surface area contributed by atoms with Gasteiger partial charge in [0.2, 0.25) is 21.8 Å². The van der Waals surface area contributed by atoms with E-state index in [1.165, 1.54) is 12.1 Å². The summed E-state index contributed by atoms with van der Waals surface area (Å²) in [7, 11) is -4.26. The van der Waals surface area contributed by atoms with Crippen molar-refractivity contribution in [1.29, 1.82) is 0 Å². The molecule has 8 nitrogen and oxygen atoms in total. The number of carbonyl (C=O) groups is 2. The first kappa shape index (κ1) is 21.1. The smallest absolute Gasteiger partial charge is 0.404 e. The summed E-state index contributed by atoms with van der Waals surface area (Å²) < 4.78 is 72.4. The number of alkyl halides is 3. The molecule has 0 atom stereocenters. The van der Waals surface area contributed by atoms with Crippen LogP contribution in [0.1, 0.15) is 12.8 Å². The summed E-state index contributed by atoms with van der Waals surface area (Å²) in [5, 5.41) is 0. The number of rotatable bonds is 9. The summed E-state index contributed by atoms with van der Waals surface area (Å²) in [4.78, 5) is 23.2. The van der Waals surface area contributed by atoms with E-state index in [4.69, 9.17) is 4.74 Å². The highest BCUT2D eigenvalue weighted by atomic mass is 32.2. The second kappa shape index (κ2) is 8.67. The van der Waals surface area contributed by atoms with Gasteiger partial charge < -0.3 is 9.47 Å². The van der Waals surface area contributed by atoms with Gasteiger partial charge in [0.05, 0.1) is 19.8 Å². The lowest BCUT2D eigenvalue weighted by atomic mass is 10.3. The van der Waals surface area contributed by atoms with Crippen LogP contribution in [-0.2, 0) is 24.3 Å². The highest BCUT2D eigenvalue weighted by Gasteiger charge is 2.34. The Kier molecular flexibility index (Phi) is 6.78. The molecule has 0 spiro atoms. The molecule has 27 heavy (non-hydrogen) atoms. The maximum absolute atomic E-state index is 12.4. The number of imide groups is 1. The molecule has 0 aromatic heterocycles. The van der Waals surface area contributed by atoms with Gasteiger partial charge in [-0.1, -0.05) is 12.1 Å². The van der Waals surface area contributed by atoms with Crippen LogP contribution >= 0.6 is 0 Å². The van der Waals surface area contributed by atoms with Crippen molar-refractivity contribution in [1.82, 2.24) is 9.62 Å². The van der Waals surface area contributed by atoms with Gasteiger partial charge in [-0.25, -0.2) is 13.1 Å². The zero-order chi connectivity index (χ0) is 20.1. The molecule has 1 aromatic carbocycles. The molecule has 2 rings (SSSR count). The van der Waals surface area contributed by atoms with Crippen LogP contribution in [0.15, 0.2) is 29.2 Å². The molecule has 150 valence electrons. The van der Waals surface area contributed by atoms with Gasteiger partial charge in [-0.15, -0.1) is 13.2 Å². The van der Waals surface area contributed by atoms with E-state index in [9.17, 15) is 31.2 Å². The van der Waals surface area contributed by atoms with Crippen molar-refractivity contribution in [3.05, 3.63) is 24.3 Å². The fourth-order valence-electron chi connectivity index (χ4n) is 2.34. The summed E-state index contributed by atoms with van der Waals surface area (Å²) >= 11 is 0. The first-order chi connectivity index (χ1) is 12.6. The number of halogens is 3. The maximum atomic E-state index is 12.4. The molecular weight excluding hydrogens is 393 g/mol. The monoisotopic (exact) mass is 410 g/mol. The molecule has 1 N–H and O–H groups in total. The van der Waals surface area contributed by atoms with Crippen LogP contribution in [0.5, 0.6) is 5.75 Å². The fourth-order valence-corrected chi connectivity index (χ4v) is 3.48. The van der Waals surface area contributed by atoms with Gasteiger partial charge in [0.1, 0.15) is 10.6 Å². The van der Waals surface area contributed by atoms with Crippen LogP contribution < -0.4 is 9.46 Å². The molecule has 0 unspecified atom stereocenters. The normalized spacial score (nSPS) is 15.4. The molecule has 1 aliphatic rings. The molecule has 1 aromatic rings. The Hall–Kier alpha value is -2.18. The minimum absolute atomic E-state index is 0.0208. The molecule has 0 radical (unpaired) electrons. The molecule has 0 bridgehead atoms. The van der Waals surface area contributed by atoms with Crippen LogP contribution in [-0.4, -0.2) is 57.8 Å². The third-order valence-electron chi connectivity index (χ3n) is 3.52. The SMILES string of the molecule is O=C1CCC(=O)N1CCOCCNS(=O)(=O)c1ccccc1OC(F)(F)F. The lowest BCUT2D eigenvalue weighted by Gasteiger charge is -2.15. The van der Waals surface area contributed by atoms with Crippen molar-refractivity contribution in [2.24, 2.45) is 0 Å². The van der Waals surface area contributed by atoms with Gasteiger partial charge in [-0.2, -0.15) is 0 Å². The number of hydrogen-bond acceptors (Lipinski definition) is 6. The zero-order valence-corrected chi connectivity index (χ0v) is 14.8. The van der Waals surface area contributed by atoms with Crippen molar-refractivity contribution in [2.45, 2.75) is 24.1 Å². The minimum Gasteiger partial charge on any atom is -0.404 e. The molecule has 2 amide bonds. The number of ether oxygens (including phenoxy) is 2. The average molecular weight is 410 g/mol. The third-order valence-corrected chi connectivity index (χ3v) is 5.02. The molecule has 1 heterocycles. The van der Waals surface area contributed by atoms with Crippen LogP contribution in [0.25, 0.3) is 0 Å². The van der Waals surface area contributed by atoms with Gasteiger partial charge >= 0.3 is 6.36 Å². The molecule has 1 saturated heterocycles. The molecule has 1 aliphatic heterocycles. The van der Waals surface area contributed by atoms with Crippen LogP contribution in [0.2, 0.25) is 0 Å². The Bertz CT molecular complexity index is 781. The summed E-state index contributed by atoms with van der Waals surface area (Å²) in [5.41, 5.74) is 0. The van der Waals surface area contributed by atoms with Gasteiger partial charge in [-0.05, 0) is 12.1 Å². The van der Waals surface area contributed by atoms with Gasteiger partial charge in [0.15, 0.2) is 0 Å². The van der Waals surface area contributed by atoms with Crippen molar-refractivity contribution >= 4 is 21.8 Å². The van der Waals surface area contributed by atoms with Crippen LogP contribution in [0.3, 0.4) is 0 Å². The Morgan fingerprint density at radius 3 is 2.33 bits per heavy atom.